The highest BCUT2D eigenvalue weighted by Crippen LogP contribution is 2.41. The van der Waals surface area contributed by atoms with Gasteiger partial charge >= 0.3 is 0 Å². The molecular formula is C24H35N3O5. The Morgan fingerprint density at radius 3 is 2.62 bits per heavy atom. The van der Waals surface area contributed by atoms with Gasteiger partial charge in [-0.1, -0.05) is 12.1 Å². The summed E-state index contributed by atoms with van der Waals surface area (Å²) in [6.45, 7) is 8.45. The van der Waals surface area contributed by atoms with Crippen LogP contribution in [-0.4, -0.2) is 95.2 Å². The highest BCUT2D eigenvalue weighted by Gasteiger charge is 2.42. The van der Waals surface area contributed by atoms with Crippen molar-refractivity contribution in [1.29, 1.82) is 0 Å². The number of nitrogens with zero attached hydrogens (tertiary/aromatic N) is 3. The third-order valence-corrected chi connectivity index (χ3v) is 7.07. The SMILES string of the molecule is CC(=O)N1CCN([C@@H]2CC[C@@H](N(C)C(=O)COc3cccc4c3OC(C)(C)C4)[C@H]2O)CC1. The van der Waals surface area contributed by atoms with Crippen molar-refractivity contribution in [1.82, 2.24) is 14.7 Å². The minimum Gasteiger partial charge on any atom is -0.483 e. The molecular weight excluding hydrogens is 410 g/mol. The van der Waals surface area contributed by atoms with E-state index in [1.807, 2.05) is 36.9 Å². The van der Waals surface area contributed by atoms with Crippen LogP contribution >= 0.6 is 0 Å². The van der Waals surface area contributed by atoms with E-state index in [4.69, 9.17) is 9.47 Å². The monoisotopic (exact) mass is 445 g/mol. The van der Waals surface area contributed by atoms with Crippen molar-refractivity contribution in [3.05, 3.63) is 23.8 Å². The number of aliphatic hydroxyl groups is 1. The molecule has 3 aliphatic rings. The van der Waals surface area contributed by atoms with Gasteiger partial charge in [0.15, 0.2) is 18.1 Å². The number of ether oxygens (including phenoxy) is 2. The molecule has 1 N–H and O–H groups in total. The summed E-state index contributed by atoms with van der Waals surface area (Å²) in [7, 11) is 1.74. The predicted molar refractivity (Wildman–Crippen MR) is 120 cm³/mol. The van der Waals surface area contributed by atoms with Gasteiger partial charge in [-0.3, -0.25) is 14.5 Å². The quantitative estimate of drug-likeness (QED) is 0.736. The zero-order valence-corrected chi connectivity index (χ0v) is 19.5. The first-order valence-corrected chi connectivity index (χ1v) is 11.5. The number of aliphatic hydroxyl groups excluding tert-OH is 1. The van der Waals surface area contributed by atoms with E-state index in [0.29, 0.717) is 18.8 Å². The van der Waals surface area contributed by atoms with E-state index < -0.39 is 6.10 Å². The average molecular weight is 446 g/mol. The van der Waals surface area contributed by atoms with Crippen molar-refractivity contribution in [2.75, 3.05) is 39.8 Å². The van der Waals surface area contributed by atoms with Crippen molar-refractivity contribution < 1.29 is 24.2 Å². The summed E-state index contributed by atoms with van der Waals surface area (Å²) in [6.07, 6.45) is 1.78. The summed E-state index contributed by atoms with van der Waals surface area (Å²) in [5, 5.41) is 11.0. The highest BCUT2D eigenvalue weighted by molar-refractivity contribution is 5.78. The number of fused-ring (bicyclic) bond motifs is 1. The Balaban J connectivity index is 1.32. The molecule has 3 atom stereocenters. The van der Waals surface area contributed by atoms with Crippen LogP contribution in [0, 0.1) is 0 Å². The van der Waals surface area contributed by atoms with Crippen LogP contribution in [0.1, 0.15) is 39.2 Å². The van der Waals surface area contributed by atoms with Gasteiger partial charge in [-0.25, -0.2) is 0 Å². The first kappa shape index (κ1) is 22.9. The van der Waals surface area contributed by atoms with Gasteiger partial charge in [-0.2, -0.15) is 0 Å². The van der Waals surface area contributed by atoms with Gasteiger partial charge in [0, 0.05) is 58.2 Å². The van der Waals surface area contributed by atoms with Crippen LogP contribution in [0.25, 0.3) is 0 Å². The zero-order chi connectivity index (χ0) is 23.0. The van der Waals surface area contributed by atoms with E-state index in [2.05, 4.69) is 4.90 Å². The van der Waals surface area contributed by atoms with E-state index >= 15 is 0 Å². The maximum atomic E-state index is 12.9. The molecule has 2 fully saturated rings. The minimum atomic E-state index is -0.613. The van der Waals surface area contributed by atoms with Crippen LogP contribution in [0.15, 0.2) is 18.2 Å². The van der Waals surface area contributed by atoms with Crippen molar-refractivity contribution in [2.45, 2.75) is 63.8 Å². The Labute approximate surface area is 190 Å². The molecule has 8 heteroatoms. The van der Waals surface area contributed by atoms with Crippen molar-refractivity contribution in [2.24, 2.45) is 0 Å². The second-order valence-electron chi connectivity index (χ2n) is 9.82. The number of hydrogen-bond donors (Lipinski definition) is 1. The van der Waals surface area contributed by atoms with E-state index in [1.165, 1.54) is 0 Å². The van der Waals surface area contributed by atoms with Gasteiger partial charge in [0.2, 0.25) is 5.91 Å². The number of para-hydroxylation sites is 1. The molecule has 176 valence electrons. The molecule has 1 aromatic carbocycles. The van der Waals surface area contributed by atoms with Gasteiger partial charge in [-0.15, -0.1) is 0 Å². The lowest BCUT2D eigenvalue weighted by atomic mass is 10.0. The van der Waals surface area contributed by atoms with E-state index in [9.17, 15) is 14.7 Å². The predicted octanol–water partition coefficient (Wildman–Crippen LogP) is 1.29. The summed E-state index contributed by atoms with van der Waals surface area (Å²) in [6, 6.07) is 5.55. The average Bonchev–Trinajstić information content (AvgIpc) is 3.29. The molecule has 2 aliphatic heterocycles. The lowest BCUT2D eigenvalue weighted by Gasteiger charge is -2.39. The third kappa shape index (κ3) is 4.57. The number of benzene rings is 1. The van der Waals surface area contributed by atoms with Gasteiger partial charge in [0.25, 0.3) is 5.91 Å². The molecule has 0 unspecified atom stereocenters. The fraction of sp³-hybridized carbons (Fsp3) is 0.667. The van der Waals surface area contributed by atoms with E-state index in [-0.39, 0.29) is 36.1 Å². The summed E-state index contributed by atoms with van der Waals surface area (Å²) < 4.78 is 11.9. The maximum Gasteiger partial charge on any atom is 0.260 e. The normalized spacial score (nSPS) is 27.0. The maximum absolute atomic E-state index is 12.9. The Morgan fingerprint density at radius 1 is 1.22 bits per heavy atom. The van der Waals surface area contributed by atoms with Crippen LogP contribution < -0.4 is 9.47 Å². The smallest absolute Gasteiger partial charge is 0.260 e. The fourth-order valence-electron chi connectivity index (χ4n) is 5.26. The highest BCUT2D eigenvalue weighted by atomic mass is 16.5. The molecule has 1 aromatic rings. The number of piperazine rings is 1. The Hall–Kier alpha value is -2.32. The Bertz CT molecular complexity index is 865. The third-order valence-electron chi connectivity index (χ3n) is 7.07. The van der Waals surface area contributed by atoms with Crippen molar-refractivity contribution >= 4 is 11.8 Å². The topological polar surface area (TPSA) is 82.6 Å². The fourth-order valence-corrected chi connectivity index (χ4v) is 5.26. The lowest BCUT2D eigenvalue weighted by Crippen LogP contribution is -2.55. The number of likely N-dealkylation sites (N-methyl/N-ethyl adjacent to an activating group) is 1. The zero-order valence-electron chi connectivity index (χ0n) is 19.5. The summed E-state index contributed by atoms with van der Waals surface area (Å²) >= 11 is 0. The standard InChI is InChI=1S/C24H35N3O5/c1-16(28)26-10-12-27(13-11-26)19-9-8-18(22(19)30)25(4)21(29)15-31-20-7-5-6-17-14-24(2,3)32-23(17)20/h5-7,18-19,22,30H,8-15H2,1-4H3/t18-,19-,22-/m1/s1. The number of carbonyl (C=O) groups is 2. The summed E-state index contributed by atoms with van der Waals surface area (Å²) in [5.41, 5.74) is 0.814. The molecule has 1 saturated heterocycles. The van der Waals surface area contributed by atoms with Gasteiger partial charge < -0.3 is 24.4 Å². The number of carbonyl (C=O) groups excluding carboxylic acids is 2. The molecule has 1 saturated carbocycles. The molecule has 2 amide bonds. The van der Waals surface area contributed by atoms with Crippen molar-refractivity contribution in [3.8, 4) is 11.5 Å². The molecule has 0 bridgehead atoms. The van der Waals surface area contributed by atoms with Gasteiger partial charge in [0.05, 0.1) is 12.1 Å². The van der Waals surface area contributed by atoms with Crippen LogP contribution in [0.2, 0.25) is 0 Å². The molecule has 4 rings (SSSR count). The number of amides is 2. The Kier molecular flexibility index (Phi) is 6.36. The second kappa shape index (κ2) is 8.90. The van der Waals surface area contributed by atoms with Crippen LogP contribution in [0.5, 0.6) is 11.5 Å². The van der Waals surface area contributed by atoms with Crippen LogP contribution in [-0.2, 0) is 16.0 Å². The number of rotatable bonds is 5. The molecule has 1 aliphatic carbocycles. The molecule has 8 nitrogen and oxygen atoms in total. The molecule has 32 heavy (non-hydrogen) atoms. The first-order chi connectivity index (χ1) is 15.2. The van der Waals surface area contributed by atoms with E-state index in [0.717, 1.165) is 43.7 Å². The summed E-state index contributed by atoms with van der Waals surface area (Å²) in [4.78, 5) is 30.2. The van der Waals surface area contributed by atoms with Crippen molar-refractivity contribution in [3.63, 3.8) is 0 Å². The lowest BCUT2D eigenvalue weighted by molar-refractivity contribution is -0.137. The minimum absolute atomic E-state index is 0.0123. The largest absolute Gasteiger partial charge is 0.483 e. The Morgan fingerprint density at radius 2 is 1.94 bits per heavy atom. The molecule has 0 spiro atoms. The first-order valence-electron chi connectivity index (χ1n) is 11.5. The van der Waals surface area contributed by atoms with Crippen LogP contribution in [0.3, 0.4) is 0 Å². The number of hydrogen-bond acceptors (Lipinski definition) is 6. The molecule has 0 aromatic heterocycles. The summed E-state index contributed by atoms with van der Waals surface area (Å²) in [5.74, 6) is 1.24. The van der Waals surface area contributed by atoms with Gasteiger partial charge in [0.1, 0.15) is 5.60 Å². The molecule has 0 radical (unpaired) electrons. The second-order valence-corrected chi connectivity index (χ2v) is 9.82. The van der Waals surface area contributed by atoms with E-state index in [1.54, 1.807) is 18.9 Å². The van der Waals surface area contributed by atoms with Gasteiger partial charge in [-0.05, 0) is 32.8 Å². The van der Waals surface area contributed by atoms with Crippen LogP contribution in [0.4, 0.5) is 0 Å². The molecule has 2 heterocycles.